The van der Waals surface area contributed by atoms with E-state index in [-0.39, 0.29) is 0 Å². The maximum Gasteiger partial charge on any atom is 0.177 e. The van der Waals surface area contributed by atoms with Crippen LogP contribution in [0.25, 0.3) is 22.3 Å². The lowest BCUT2D eigenvalue weighted by atomic mass is 10.1. The largest absolute Gasteiger partial charge is 0.361 e. The van der Waals surface area contributed by atoms with E-state index in [0.717, 1.165) is 33.7 Å². The molecule has 0 aromatic carbocycles. The molecule has 3 aromatic rings. The number of pyridine rings is 1. The van der Waals surface area contributed by atoms with Crippen molar-refractivity contribution >= 4 is 11.2 Å². The van der Waals surface area contributed by atoms with Crippen LogP contribution >= 0.6 is 0 Å². The van der Waals surface area contributed by atoms with Gasteiger partial charge in [-0.2, -0.15) is 0 Å². The summed E-state index contributed by atoms with van der Waals surface area (Å²) in [4.78, 5) is 11.4. The molecule has 1 N–H and O–H groups in total. The third-order valence-electron chi connectivity index (χ3n) is 2.60. The summed E-state index contributed by atoms with van der Waals surface area (Å²) in [5.74, 6) is 0.804. The summed E-state index contributed by atoms with van der Waals surface area (Å²) in [6, 6.07) is 2.00. The Hall–Kier alpha value is -2.17. The number of hydrogen-bond acceptors (Lipinski definition) is 4. The van der Waals surface area contributed by atoms with Gasteiger partial charge in [0.05, 0.1) is 17.5 Å². The highest BCUT2D eigenvalue weighted by Crippen LogP contribution is 2.27. The van der Waals surface area contributed by atoms with Crippen LogP contribution in [0.2, 0.25) is 0 Å². The molecule has 0 fully saturated rings. The van der Waals surface area contributed by atoms with Gasteiger partial charge in [0.1, 0.15) is 5.76 Å². The topological polar surface area (TPSA) is 67.6 Å². The third kappa shape index (κ3) is 1.21. The van der Waals surface area contributed by atoms with E-state index in [4.69, 9.17) is 4.52 Å². The van der Waals surface area contributed by atoms with Gasteiger partial charge in [0.15, 0.2) is 5.65 Å². The predicted octanol–water partition coefficient (Wildman–Crippen LogP) is 2.23. The van der Waals surface area contributed by atoms with Gasteiger partial charge in [0.2, 0.25) is 0 Å². The highest BCUT2D eigenvalue weighted by molar-refractivity contribution is 5.78. The van der Waals surface area contributed by atoms with Crippen LogP contribution in [0.3, 0.4) is 0 Å². The molecule has 0 aliphatic rings. The lowest BCUT2D eigenvalue weighted by molar-refractivity contribution is 0.393. The molecule has 5 nitrogen and oxygen atoms in total. The minimum atomic E-state index is 0.718. The molecule has 3 heterocycles. The molecule has 80 valence electrons. The molecule has 16 heavy (non-hydrogen) atoms. The normalized spacial score (nSPS) is 11.1. The summed E-state index contributed by atoms with van der Waals surface area (Å²) in [5.41, 5.74) is 4.50. The number of hydrogen-bond donors (Lipinski definition) is 1. The van der Waals surface area contributed by atoms with E-state index in [9.17, 15) is 0 Å². The number of nitrogens with one attached hydrogen (secondary N) is 1. The quantitative estimate of drug-likeness (QED) is 0.674. The molecule has 0 spiro atoms. The van der Waals surface area contributed by atoms with E-state index in [1.165, 1.54) is 0 Å². The molecule has 0 saturated carbocycles. The Bertz CT molecular complexity index is 633. The minimum absolute atomic E-state index is 0.718. The van der Waals surface area contributed by atoms with E-state index < -0.39 is 0 Å². The summed E-state index contributed by atoms with van der Waals surface area (Å²) >= 11 is 0. The number of nitrogens with zero attached hydrogens (tertiary/aromatic N) is 3. The molecule has 0 aliphatic carbocycles. The smallest absolute Gasteiger partial charge is 0.177 e. The van der Waals surface area contributed by atoms with Crippen LogP contribution in [0.1, 0.15) is 11.5 Å². The number of aromatic nitrogens is 4. The maximum atomic E-state index is 5.14. The Morgan fingerprint density at radius 2 is 2.12 bits per heavy atom. The van der Waals surface area contributed by atoms with Crippen molar-refractivity contribution in [3.8, 4) is 11.1 Å². The van der Waals surface area contributed by atoms with Crippen molar-refractivity contribution in [3.05, 3.63) is 30.0 Å². The van der Waals surface area contributed by atoms with Crippen LogP contribution < -0.4 is 0 Å². The molecule has 0 saturated heterocycles. The van der Waals surface area contributed by atoms with Gasteiger partial charge >= 0.3 is 0 Å². The van der Waals surface area contributed by atoms with Crippen molar-refractivity contribution in [2.75, 3.05) is 0 Å². The number of H-pyrrole nitrogens is 1. The Balaban J connectivity index is 2.25. The molecule has 5 heteroatoms. The molecule has 0 atom stereocenters. The molecule has 0 amide bonds. The first-order chi connectivity index (χ1) is 7.75. The lowest BCUT2D eigenvalue weighted by Gasteiger charge is -1.98. The van der Waals surface area contributed by atoms with Crippen LogP contribution in [0.5, 0.6) is 0 Å². The van der Waals surface area contributed by atoms with Gasteiger partial charge in [0.25, 0.3) is 0 Å². The van der Waals surface area contributed by atoms with Crippen molar-refractivity contribution in [1.82, 2.24) is 20.1 Å². The van der Waals surface area contributed by atoms with Crippen LogP contribution in [0.4, 0.5) is 0 Å². The first-order valence-corrected chi connectivity index (χ1v) is 4.98. The van der Waals surface area contributed by atoms with Crippen LogP contribution in [-0.4, -0.2) is 20.1 Å². The van der Waals surface area contributed by atoms with E-state index >= 15 is 0 Å². The maximum absolute atomic E-state index is 5.14. The van der Waals surface area contributed by atoms with E-state index in [1.54, 1.807) is 12.5 Å². The first kappa shape index (κ1) is 9.08. The number of aromatic amines is 1. The first-order valence-electron chi connectivity index (χ1n) is 4.98. The molecule has 0 bridgehead atoms. The van der Waals surface area contributed by atoms with E-state index in [0.29, 0.717) is 0 Å². The van der Waals surface area contributed by atoms with Gasteiger partial charge < -0.3 is 9.51 Å². The van der Waals surface area contributed by atoms with E-state index in [2.05, 4.69) is 20.1 Å². The van der Waals surface area contributed by atoms with Crippen LogP contribution in [0.15, 0.2) is 23.1 Å². The molecule has 0 aliphatic heterocycles. The monoisotopic (exact) mass is 214 g/mol. The van der Waals surface area contributed by atoms with E-state index in [1.807, 2.05) is 19.9 Å². The summed E-state index contributed by atoms with van der Waals surface area (Å²) in [6.07, 6.45) is 3.42. The molecular weight excluding hydrogens is 204 g/mol. The lowest BCUT2D eigenvalue weighted by Crippen LogP contribution is -1.84. The third-order valence-corrected chi connectivity index (χ3v) is 2.60. The SMILES string of the molecule is Cc1noc(C)c1-c1cnc2nc[nH]c2c1. The second kappa shape index (κ2) is 3.16. The second-order valence-corrected chi connectivity index (χ2v) is 3.70. The zero-order valence-electron chi connectivity index (χ0n) is 8.98. The average molecular weight is 214 g/mol. The van der Waals surface area contributed by atoms with Crippen LogP contribution in [-0.2, 0) is 0 Å². The van der Waals surface area contributed by atoms with Crippen molar-refractivity contribution in [2.45, 2.75) is 13.8 Å². The molecule has 0 radical (unpaired) electrons. The Labute approximate surface area is 91.5 Å². The van der Waals surface area contributed by atoms with Crippen molar-refractivity contribution in [1.29, 1.82) is 0 Å². The predicted molar refractivity (Wildman–Crippen MR) is 58.9 cm³/mol. The summed E-state index contributed by atoms with van der Waals surface area (Å²) in [5, 5.41) is 3.93. The zero-order valence-corrected chi connectivity index (χ0v) is 8.98. The van der Waals surface area contributed by atoms with Crippen molar-refractivity contribution in [2.24, 2.45) is 0 Å². The van der Waals surface area contributed by atoms with Gasteiger partial charge in [-0.3, -0.25) is 0 Å². The highest BCUT2D eigenvalue weighted by atomic mass is 16.5. The Kier molecular flexibility index (Phi) is 1.80. The summed E-state index contributed by atoms with van der Waals surface area (Å²) < 4.78 is 5.14. The van der Waals surface area contributed by atoms with Gasteiger partial charge in [0, 0.05) is 17.3 Å². The Morgan fingerprint density at radius 3 is 2.88 bits per heavy atom. The van der Waals surface area contributed by atoms with Gasteiger partial charge in [-0.1, -0.05) is 5.16 Å². The Morgan fingerprint density at radius 1 is 1.25 bits per heavy atom. The van der Waals surface area contributed by atoms with Crippen molar-refractivity contribution < 1.29 is 4.52 Å². The average Bonchev–Trinajstić information content (AvgIpc) is 2.85. The fourth-order valence-electron chi connectivity index (χ4n) is 1.86. The highest BCUT2D eigenvalue weighted by Gasteiger charge is 2.12. The van der Waals surface area contributed by atoms with Crippen molar-refractivity contribution in [3.63, 3.8) is 0 Å². The van der Waals surface area contributed by atoms with Gasteiger partial charge in [-0.05, 0) is 19.9 Å². The fourth-order valence-corrected chi connectivity index (χ4v) is 1.86. The minimum Gasteiger partial charge on any atom is -0.361 e. The number of rotatable bonds is 1. The molecular formula is C11H10N4O. The molecule has 3 aromatic heterocycles. The standard InChI is InChI=1S/C11H10N4O/c1-6-10(7(2)16-15-6)8-3-9-11(12-4-8)14-5-13-9/h3-5H,1-2H3,(H,12,13,14). The number of aryl methyl sites for hydroxylation is 2. The van der Waals surface area contributed by atoms with Gasteiger partial charge in [-0.15, -0.1) is 0 Å². The van der Waals surface area contributed by atoms with Gasteiger partial charge in [-0.25, -0.2) is 9.97 Å². The number of fused-ring (bicyclic) bond motifs is 1. The molecule has 0 unspecified atom stereocenters. The fraction of sp³-hybridized carbons (Fsp3) is 0.182. The number of imidazole rings is 1. The summed E-state index contributed by atoms with van der Waals surface area (Å²) in [6.45, 7) is 3.81. The summed E-state index contributed by atoms with van der Waals surface area (Å²) in [7, 11) is 0. The second-order valence-electron chi connectivity index (χ2n) is 3.70. The molecule has 3 rings (SSSR count). The zero-order chi connectivity index (χ0) is 11.1. The van der Waals surface area contributed by atoms with Crippen LogP contribution in [0, 0.1) is 13.8 Å².